The largest absolute Gasteiger partial charge is 0.461 e. The molecule has 0 atom stereocenters. The Hall–Kier alpha value is -3.15. The van der Waals surface area contributed by atoms with Gasteiger partial charge in [0.2, 0.25) is 5.91 Å². The Balaban J connectivity index is 1.42. The van der Waals surface area contributed by atoms with Gasteiger partial charge in [0.15, 0.2) is 10.3 Å². The van der Waals surface area contributed by atoms with Gasteiger partial charge in [0, 0.05) is 10.6 Å². The Bertz CT molecular complexity index is 1340. The van der Waals surface area contributed by atoms with Crippen LogP contribution >= 0.6 is 34.9 Å². The first-order chi connectivity index (χ1) is 17.9. The van der Waals surface area contributed by atoms with E-state index in [4.69, 9.17) is 4.74 Å². The molecule has 37 heavy (non-hydrogen) atoms. The molecule has 2 aromatic carbocycles. The molecule has 2 aromatic heterocycles. The summed E-state index contributed by atoms with van der Waals surface area (Å²) in [6.45, 7) is 6.01. The highest BCUT2D eigenvalue weighted by Crippen LogP contribution is 2.28. The van der Waals surface area contributed by atoms with Crippen molar-refractivity contribution in [3.05, 3.63) is 77.1 Å². The lowest BCUT2D eigenvalue weighted by atomic mass is 10.2. The molecular weight excluding hydrogens is 527 g/mol. The summed E-state index contributed by atoms with van der Waals surface area (Å²) in [5.74, 6) is 1.11. The predicted octanol–water partition coefficient (Wildman–Crippen LogP) is 5.87. The minimum Gasteiger partial charge on any atom is -0.461 e. The number of amides is 1. The number of hydrogen-bond donors (Lipinski definition) is 1. The van der Waals surface area contributed by atoms with Gasteiger partial charge in [0.1, 0.15) is 10.7 Å². The quantitative estimate of drug-likeness (QED) is 0.182. The molecule has 0 aliphatic carbocycles. The number of carbonyl (C=O) groups is 2. The van der Waals surface area contributed by atoms with Crippen molar-refractivity contribution in [3.8, 4) is 5.69 Å². The highest BCUT2D eigenvalue weighted by molar-refractivity contribution is 7.99. The lowest BCUT2D eigenvalue weighted by Crippen LogP contribution is -2.14. The Labute approximate surface area is 228 Å². The average Bonchev–Trinajstić information content (AvgIpc) is 3.48. The van der Waals surface area contributed by atoms with Gasteiger partial charge in [-0.25, -0.2) is 9.78 Å². The second-order valence-corrected chi connectivity index (χ2v) is 11.4. The fraction of sp³-hybridized carbons (Fsp3) is 0.269. The summed E-state index contributed by atoms with van der Waals surface area (Å²) < 4.78 is 7.27. The van der Waals surface area contributed by atoms with E-state index < -0.39 is 5.97 Å². The Kier molecular flexibility index (Phi) is 9.37. The molecular formula is C26H27N5O3S3. The molecule has 0 bridgehead atoms. The van der Waals surface area contributed by atoms with Gasteiger partial charge in [-0.05, 0) is 37.1 Å². The molecule has 192 valence electrons. The molecule has 1 N–H and O–H groups in total. The number of nitrogens with one attached hydrogen (secondary N) is 1. The first kappa shape index (κ1) is 26.9. The van der Waals surface area contributed by atoms with Crippen molar-refractivity contribution < 1.29 is 14.3 Å². The van der Waals surface area contributed by atoms with Crippen LogP contribution in [0.5, 0.6) is 0 Å². The van der Waals surface area contributed by atoms with Crippen LogP contribution < -0.4 is 5.32 Å². The third-order valence-corrected chi connectivity index (χ3v) is 7.92. The van der Waals surface area contributed by atoms with E-state index in [9.17, 15) is 9.59 Å². The van der Waals surface area contributed by atoms with Crippen LogP contribution in [-0.2, 0) is 15.3 Å². The minimum atomic E-state index is -0.421. The molecule has 4 rings (SSSR count). The van der Waals surface area contributed by atoms with Crippen LogP contribution in [0.15, 0.2) is 70.7 Å². The topological polar surface area (TPSA) is 99.0 Å². The molecule has 0 aliphatic rings. The SMILES string of the molecule is Cc1nc(NC(=O)CSc2nnc(CSc3ccccc3)n2-c2ccccc2)sc1C(=O)OCC(C)C. The van der Waals surface area contributed by atoms with Gasteiger partial charge in [-0.2, -0.15) is 0 Å². The number of aromatic nitrogens is 4. The van der Waals surface area contributed by atoms with E-state index in [0.717, 1.165) is 27.7 Å². The van der Waals surface area contributed by atoms with Gasteiger partial charge in [-0.15, -0.1) is 22.0 Å². The number of benzene rings is 2. The molecule has 0 saturated carbocycles. The fourth-order valence-electron chi connectivity index (χ4n) is 3.22. The maximum absolute atomic E-state index is 12.7. The monoisotopic (exact) mass is 553 g/mol. The summed E-state index contributed by atoms with van der Waals surface area (Å²) in [4.78, 5) is 30.9. The lowest BCUT2D eigenvalue weighted by Gasteiger charge is -2.10. The van der Waals surface area contributed by atoms with E-state index in [2.05, 4.69) is 32.6 Å². The third kappa shape index (κ3) is 7.43. The second-order valence-electron chi connectivity index (χ2n) is 8.43. The highest BCUT2D eigenvalue weighted by atomic mass is 32.2. The van der Waals surface area contributed by atoms with E-state index in [1.807, 2.05) is 66.9 Å². The normalized spacial score (nSPS) is 11.0. The third-order valence-electron chi connectivity index (χ3n) is 4.93. The molecule has 1 amide bonds. The zero-order chi connectivity index (χ0) is 26.2. The Morgan fingerprint density at radius 1 is 1.03 bits per heavy atom. The number of esters is 1. The number of ether oxygens (including phenoxy) is 1. The van der Waals surface area contributed by atoms with Crippen LogP contribution in [-0.4, -0.2) is 44.0 Å². The maximum Gasteiger partial charge on any atom is 0.350 e. The number of para-hydroxylation sites is 1. The van der Waals surface area contributed by atoms with Gasteiger partial charge in [-0.1, -0.05) is 73.3 Å². The van der Waals surface area contributed by atoms with E-state index in [0.29, 0.717) is 33.2 Å². The fourth-order valence-corrected chi connectivity index (χ4v) is 5.70. The molecule has 0 unspecified atom stereocenters. The summed E-state index contributed by atoms with van der Waals surface area (Å²) in [6, 6.07) is 20.0. The zero-order valence-corrected chi connectivity index (χ0v) is 23.2. The Morgan fingerprint density at radius 3 is 2.43 bits per heavy atom. The van der Waals surface area contributed by atoms with Gasteiger partial charge >= 0.3 is 5.97 Å². The van der Waals surface area contributed by atoms with Crippen LogP contribution in [0.2, 0.25) is 0 Å². The molecule has 0 saturated heterocycles. The number of carbonyl (C=O) groups excluding carboxylic acids is 2. The number of anilines is 1. The van der Waals surface area contributed by atoms with Crippen molar-refractivity contribution in [2.45, 2.75) is 36.6 Å². The van der Waals surface area contributed by atoms with E-state index >= 15 is 0 Å². The molecule has 0 radical (unpaired) electrons. The van der Waals surface area contributed by atoms with Crippen molar-refractivity contribution in [3.63, 3.8) is 0 Å². The van der Waals surface area contributed by atoms with Gasteiger partial charge in [0.25, 0.3) is 0 Å². The number of hydrogen-bond acceptors (Lipinski definition) is 9. The van der Waals surface area contributed by atoms with Gasteiger partial charge in [0.05, 0.1) is 23.8 Å². The number of nitrogens with zero attached hydrogens (tertiary/aromatic N) is 4. The molecule has 0 fully saturated rings. The van der Waals surface area contributed by atoms with Crippen molar-refractivity contribution >= 4 is 51.9 Å². The number of thiazole rings is 1. The van der Waals surface area contributed by atoms with Crippen molar-refractivity contribution in [1.82, 2.24) is 19.7 Å². The molecule has 0 aliphatic heterocycles. The van der Waals surface area contributed by atoms with Crippen LogP contribution in [0.3, 0.4) is 0 Å². The Morgan fingerprint density at radius 2 is 1.73 bits per heavy atom. The lowest BCUT2D eigenvalue weighted by molar-refractivity contribution is -0.113. The average molecular weight is 554 g/mol. The molecule has 8 nitrogen and oxygen atoms in total. The highest BCUT2D eigenvalue weighted by Gasteiger charge is 2.20. The van der Waals surface area contributed by atoms with E-state index in [1.165, 1.54) is 11.8 Å². The minimum absolute atomic E-state index is 0.114. The van der Waals surface area contributed by atoms with E-state index in [-0.39, 0.29) is 17.6 Å². The van der Waals surface area contributed by atoms with Crippen LogP contribution in [0.1, 0.15) is 35.0 Å². The zero-order valence-electron chi connectivity index (χ0n) is 20.7. The summed E-state index contributed by atoms with van der Waals surface area (Å²) >= 11 is 4.08. The predicted molar refractivity (Wildman–Crippen MR) is 149 cm³/mol. The molecule has 11 heteroatoms. The summed E-state index contributed by atoms with van der Waals surface area (Å²) in [7, 11) is 0. The number of thioether (sulfide) groups is 2. The number of aryl methyl sites for hydroxylation is 1. The first-order valence-corrected chi connectivity index (χ1v) is 14.4. The summed E-state index contributed by atoms with van der Waals surface area (Å²) in [5, 5.41) is 12.6. The molecule has 4 aromatic rings. The standard InChI is InChI=1S/C26H27N5O3S3/c1-17(2)14-34-24(33)23-18(3)27-25(37-23)28-22(32)16-36-26-30-29-21(15-35-20-12-8-5-9-13-20)31(26)19-10-6-4-7-11-19/h4-13,17H,14-16H2,1-3H3,(H,27,28,32). The van der Waals surface area contributed by atoms with Crippen molar-refractivity contribution in [2.24, 2.45) is 5.92 Å². The van der Waals surface area contributed by atoms with Crippen LogP contribution in [0, 0.1) is 12.8 Å². The van der Waals surface area contributed by atoms with Crippen LogP contribution in [0.4, 0.5) is 5.13 Å². The van der Waals surface area contributed by atoms with E-state index in [1.54, 1.807) is 18.7 Å². The smallest absolute Gasteiger partial charge is 0.350 e. The van der Waals surface area contributed by atoms with Gasteiger partial charge in [-0.3, -0.25) is 9.36 Å². The maximum atomic E-state index is 12.7. The van der Waals surface area contributed by atoms with Crippen LogP contribution in [0.25, 0.3) is 5.69 Å². The first-order valence-electron chi connectivity index (χ1n) is 11.7. The second kappa shape index (κ2) is 12.9. The molecule has 2 heterocycles. The summed E-state index contributed by atoms with van der Waals surface area (Å²) in [6.07, 6.45) is 0. The number of rotatable bonds is 11. The molecule has 0 spiro atoms. The summed E-state index contributed by atoms with van der Waals surface area (Å²) in [5.41, 5.74) is 1.46. The van der Waals surface area contributed by atoms with Crippen molar-refractivity contribution in [1.29, 1.82) is 0 Å². The van der Waals surface area contributed by atoms with Gasteiger partial charge < -0.3 is 10.1 Å². The van der Waals surface area contributed by atoms with Crippen molar-refractivity contribution in [2.75, 3.05) is 17.7 Å².